The van der Waals surface area contributed by atoms with E-state index < -0.39 is 0 Å². The van der Waals surface area contributed by atoms with E-state index in [0.29, 0.717) is 6.61 Å². The fourth-order valence-corrected chi connectivity index (χ4v) is 2.09. The molecule has 0 saturated carbocycles. The molecule has 0 spiro atoms. The Kier molecular flexibility index (Phi) is 4.00. The molecule has 3 rings (SSSR count). The molecule has 0 unspecified atom stereocenters. The fraction of sp³-hybridized carbons (Fsp3) is 0.250. The molecule has 0 atom stereocenters. The summed E-state index contributed by atoms with van der Waals surface area (Å²) >= 11 is 0. The Morgan fingerprint density at radius 2 is 1.90 bits per heavy atom. The molecule has 3 aromatic rings. The summed E-state index contributed by atoms with van der Waals surface area (Å²) in [6, 6.07) is 10.0. The van der Waals surface area contributed by atoms with Crippen LogP contribution in [0.2, 0.25) is 0 Å². The van der Waals surface area contributed by atoms with Gasteiger partial charge in [0.25, 0.3) is 0 Å². The Bertz CT molecular complexity index is 687. The number of hydrogen-bond acceptors (Lipinski definition) is 3. The highest BCUT2D eigenvalue weighted by Gasteiger charge is 2.03. The molecule has 0 saturated heterocycles. The van der Waals surface area contributed by atoms with Gasteiger partial charge in [0, 0.05) is 18.3 Å². The van der Waals surface area contributed by atoms with Crippen molar-refractivity contribution in [3.8, 4) is 11.4 Å². The minimum atomic E-state index is 0.491. The molecule has 108 valence electrons. The van der Waals surface area contributed by atoms with E-state index in [0.717, 1.165) is 30.0 Å². The molecule has 0 aliphatic heterocycles. The van der Waals surface area contributed by atoms with Gasteiger partial charge in [-0.25, -0.2) is 4.68 Å². The molecule has 2 aromatic heterocycles. The zero-order valence-corrected chi connectivity index (χ0v) is 12.0. The van der Waals surface area contributed by atoms with E-state index in [1.807, 2.05) is 58.3 Å². The molecule has 0 aliphatic carbocycles. The highest BCUT2D eigenvalue weighted by Crippen LogP contribution is 2.13. The maximum atomic E-state index is 5.73. The number of aromatic nitrogens is 4. The first kappa shape index (κ1) is 13.4. The summed E-state index contributed by atoms with van der Waals surface area (Å²) in [5.41, 5.74) is 2.07. The van der Waals surface area contributed by atoms with Gasteiger partial charge in [-0.15, -0.1) is 0 Å². The third kappa shape index (κ3) is 3.31. The monoisotopic (exact) mass is 282 g/mol. The van der Waals surface area contributed by atoms with Gasteiger partial charge in [0.2, 0.25) is 0 Å². The Balaban J connectivity index is 1.62. The summed E-state index contributed by atoms with van der Waals surface area (Å²) in [5.74, 6) is 0.788. The van der Waals surface area contributed by atoms with E-state index in [9.17, 15) is 0 Å². The molecule has 0 radical (unpaired) electrons. The highest BCUT2D eigenvalue weighted by molar-refractivity contribution is 5.30. The quantitative estimate of drug-likeness (QED) is 0.698. The van der Waals surface area contributed by atoms with Crippen molar-refractivity contribution < 1.29 is 4.74 Å². The number of ether oxygens (including phenoxy) is 1. The number of rotatable bonds is 6. The van der Waals surface area contributed by atoms with Crippen molar-refractivity contribution in [2.24, 2.45) is 0 Å². The lowest BCUT2D eigenvalue weighted by Crippen LogP contribution is -1.96. The Morgan fingerprint density at radius 3 is 2.71 bits per heavy atom. The molecule has 0 bridgehead atoms. The van der Waals surface area contributed by atoms with Crippen LogP contribution in [0.4, 0.5) is 0 Å². The van der Waals surface area contributed by atoms with Gasteiger partial charge in [-0.2, -0.15) is 10.2 Å². The minimum Gasteiger partial charge on any atom is -0.485 e. The van der Waals surface area contributed by atoms with Crippen LogP contribution in [0.1, 0.15) is 18.9 Å². The predicted octanol–water partition coefficient (Wildman–Crippen LogP) is 3.06. The van der Waals surface area contributed by atoms with Gasteiger partial charge in [-0.05, 0) is 18.6 Å². The van der Waals surface area contributed by atoms with Crippen molar-refractivity contribution in [1.29, 1.82) is 0 Å². The summed E-state index contributed by atoms with van der Waals surface area (Å²) in [4.78, 5) is 0. The molecular weight excluding hydrogens is 264 g/mol. The number of nitrogens with zero attached hydrogens (tertiary/aromatic N) is 4. The van der Waals surface area contributed by atoms with Crippen molar-refractivity contribution in [2.45, 2.75) is 26.5 Å². The lowest BCUT2D eigenvalue weighted by molar-refractivity contribution is 0.305. The number of hydrogen-bond donors (Lipinski definition) is 0. The van der Waals surface area contributed by atoms with E-state index >= 15 is 0 Å². The number of benzene rings is 1. The van der Waals surface area contributed by atoms with Gasteiger partial charge in [0.15, 0.2) is 5.75 Å². The second kappa shape index (κ2) is 6.26. The normalized spacial score (nSPS) is 10.7. The first-order valence-corrected chi connectivity index (χ1v) is 7.09. The first-order valence-electron chi connectivity index (χ1n) is 7.09. The van der Waals surface area contributed by atoms with Crippen LogP contribution in [0.5, 0.6) is 5.75 Å². The second-order valence-electron chi connectivity index (χ2n) is 4.86. The van der Waals surface area contributed by atoms with Crippen LogP contribution in [0, 0.1) is 0 Å². The van der Waals surface area contributed by atoms with Crippen LogP contribution in [0.25, 0.3) is 5.69 Å². The molecule has 21 heavy (non-hydrogen) atoms. The zero-order valence-electron chi connectivity index (χ0n) is 12.0. The molecule has 2 heterocycles. The van der Waals surface area contributed by atoms with Crippen LogP contribution in [0.3, 0.4) is 0 Å². The zero-order chi connectivity index (χ0) is 14.5. The van der Waals surface area contributed by atoms with Crippen molar-refractivity contribution in [3.05, 3.63) is 60.7 Å². The van der Waals surface area contributed by atoms with E-state index in [-0.39, 0.29) is 0 Å². The Morgan fingerprint density at radius 1 is 1.05 bits per heavy atom. The molecule has 5 nitrogen and oxygen atoms in total. The van der Waals surface area contributed by atoms with Crippen molar-refractivity contribution in [3.63, 3.8) is 0 Å². The molecule has 5 heteroatoms. The summed E-state index contributed by atoms with van der Waals surface area (Å²) in [6.45, 7) is 3.53. The summed E-state index contributed by atoms with van der Waals surface area (Å²) in [5, 5.41) is 8.59. The smallest absolute Gasteiger partial charge is 0.157 e. The van der Waals surface area contributed by atoms with Crippen molar-refractivity contribution >= 4 is 0 Å². The Hall–Kier alpha value is -2.56. The largest absolute Gasteiger partial charge is 0.485 e. The molecular formula is C16H18N4O. The van der Waals surface area contributed by atoms with E-state index in [1.165, 1.54) is 0 Å². The lowest BCUT2D eigenvalue weighted by atomic mass is 10.3. The van der Waals surface area contributed by atoms with Gasteiger partial charge in [-0.3, -0.25) is 4.68 Å². The molecule has 0 amide bonds. The second-order valence-corrected chi connectivity index (χ2v) is 4.86. The van der Waals surface area contributed by atoms with Gasteiger partial charge >= 0.3 is 0 Å². The van der Waals surface area contributed by atoms with Gasteiger partial charge in [-0.1, -0.05) is 25.1 Å². The van der Waals surface area contributed by atoms with E-state index in [4.69, 9.17) is 4.74 Å². The average molecular weight is 282 g/mol. The maximum absolute atomic E-state index is 5.73. The van der Waals surface area contributed by atoms with E-state index in [2.05, 4.69) is 17.1 Å². The third-order valence-corrected chi connectivity index (χ3v) is 3.12. The summed E-state index contributed by atoms with van der Waals surface area (Å²) in [7, 11) is 0. The Labute approximate surface area is 123 Å². The standard InChI is InChI=1S/C16H18N4O/c1-2-8-19-12-16(10-17-19)21-13-14-9-18-20(11-14)15-6-4-3-5-7-15/h3-7,9-12H,2,8,13H2,1H3. The molecule has 0 fully saturated rings. The summed E-state index contributed by atoms with van der Waals surface area (Å²) < 4.78 is 9.47. The van der Waals surface area contributed by atoms with Gasteiger partial charge in [0.1, 0.15) is 6.61 Å². The lowest BCUT2D eigenvalue weighted by Gasteiger charge is -2.01. The SMILES string of the molecule is CCCn1cc(OCc2cnn(-c3ccccc3)c2)cn1. The molecule has 0 aliphatic rings. The van der Waals surface area contributed by atoms with Gasteiger partial charge in [0.05, 0.1) is 24.3 Å². The van der Waals surface area contributed by atoms with Crippen molar-refractivity contribution in [1.82, 2.24) is 19.6 Å². The third-order valence-electron chi connectivity index (χ3n) is 3.12. The molecule has 0 N–H and O–H groups in total. The van der Waals surface area contributed by atoms with Crippen molar-refractivity contribution in [2.75, 3.05) is 0 Å². The molecule has 1 aromatic carbocycles. The number of aryl methyl sites for hydroxylation is 1. The average Bonchev–Trinajstić information content (AvgIpc) is 3.16. The first-order chi connectivity index (χ1) is 10.3. The van der Waals surface area contributed by atoms with Crippen LogP contribution >= 0.6 is 0 Å². The maximum Gasteiger partial charge on any atom is 0.157 e. The number of para-hydroxylation sites is 1. The topological polar surface area (TPSA) is 44.9 Å². The highest BCUT2D eigenvalue weighted by atomic mass is 16.5. The van der Waals surface area contributed by atoms with Crippen LogP contribution in [0.15, 0.2) is 55.1 Å². The van der Waals surface area contributed by atoms with Gasteiger partial charge < -0.3 is 4.74 Å². The minimum absolute atomic E-state index is 0.491. The van der Waals surface area contributed by atoms with Crippen LogP contribution < -0.4 is 4.74 Å². The van der Waals surface area contributed by atoms with E-state index in [1.54, 1.807) is 6.20 Å². The fourth-order valence-electron chi connectivity index (χ4n) is 2.09. The predicted molar refractivity (Wildman–Crippen MR) is 80.4 cm³/mol. The van der Waals surface area contributed by atoms with Crippen LogP contribution in [-0.4, -0.2) is 19.6 Å². The van der Waals surface area contributed by atoms with Crippen LogP contribution in [-0.2, 0) is 13.2 Å². The summed E-state index contributed by atoms with van der Waals surface area (Å²) in [6.07, 6.45) is 8.53.